The average Bonchev–Trinajstić information content (AvgIpc) is 2.75. The average molecular weight is 251 g/mol. The van der Waals surface area contributed by atoms with E-state index in [2.05, 4.69) is 20.6 Å². The lowest BCUT2D eigenvalue weighted by atomic mass is 10.3. The van der Waals surface area contributed by atoms with Gasteiger partial charge < -0.3 is 20.5 Å². The molecule has 0 atom stereocenters. The van der Waals surface area contributed by atoms with Crippen LogP contribution in [0.25, 0.3) is 0 Å². The number of nitrogens with zero attached hydrogens (tertiary/aromatic N) is 2. The first-order valence-electron chi connectivity index (χ1n) is 6.02. The Bertz CT molecular complexity index is 396. The molecule has 0 bridgehead atoms. The molecule has 2 amide bonds. The van der Waals surface area contributed by atoms with Gasteiger partial charge in [-0.05, 0) is 13.0 Å². The van der Waals surface area contributed by atoms with Crippen LogP contribution < -0.4 is 10.6 Å². The van der Waals surface area contributed by atoms with Gasteiger partial charge in [-0.1, -0.05) is 0 Å². The zero-order chi connectivity index (χ0) is 12.8. The Morgan fingerprint density at radius 2 is 2.28 bits per heavy atom. The first-order valence-corrected chi connectivity index (χ1v) is 6.02. The molecule has 1 fully saturated rings. The van der Waals surface area contributed by atoms with Crippen molar-refractivity contribution in [2.75, 3.05) is 26.2 Å². The molecule has 0 aromatic carbocycles. The van der Waals surface area contributed by atoms with Crippen LogP contribution in [0.4, 0.5) is 0 Å². The van der Waals surface area contributed by atoms with Crippen molar-refractivity contribution in [2.45, 2.75) is 13.0 Å². The van der Waals surface area contributed by atoms with Crippen molar-refractivity contribution in [3.05, 3.63) is 18.2 Å². The molecule has 0 radical (unpaired) electrons. The first kappa shape index (κ1) is 12.6. The lowest BCUT2D eigenvalue weighted by Crippen LogP contribution is -2.44. The Morgan fingerprint density at radius 3 is 3.06 bits per heavy atom. The molecule has 18 heavy (non-hydrogen) atoms. The van der Waals surface area contributed by atoms with Gasteiger partial charge in [0.25, 0.3) is 0 Å². The SMILES string of the molecule is O=C(NCc1cnc[nH]1)C(=O)N1CCCNCC1. The van der Waals surface area contributed by atoms with Gasteiger partial charge >= 0.3 is 11.8 Å². The molecule has 2 rings (SSSR count). The molecule has 2 heterocycles. The fraction of sp³-hybridized carbons (Fsp3) is 0.545. The summed E-state index contributed by atoms with van der Waals surface area (Å²) in [5.74, 6) is -1.02. The summed E-state index contributed by atoms with van der Waals surface area (Å²) < 4.78 is 0. The molecule has 1 aliphatic rings. The predicted octanol–water partition coefficient (Wildman–Crippen LogP) is -1.15. The largest absolute Gasteiger partial charge is 0.347 e. The Kier molecular flexibility index (Phi) is 4.30. The molecule has 1 aliphatic heterocycles. The minimum atomic E-state index is -0.563. The van der Waals surface area contributed by atoms with Crippen molar-refractivity contribution in [2.24, 2.45) is 0 Å². The zero-order valence-corrected chi connectivity index (χ0v) is 10.1. The van der Waals surface area contributed by atoms with Crippen molar-refractivity contribution in [3.63, 3.8) is 0 Å². The summed E-state index contributed by atoms with van der Waals surface area (Å²) in [6, 6.07) is 0. The third kappa shape index (κ3) is 3.30. The maximum Gasteiger partial charge on any atom is 0.311 e. The van der Waals surface area contributed by atoms with E-state index in [1.165, 1.54) is 6.33 Å². The molecule has 1 aromatic heterocycles. The summed E-state index contributed by atoms with van der Waals surface area (Å²) in [7, 11) is 0. The highest BCUT2D eigenvalue weighted by Gasteiger charge is 2.22. The van der Waals surface area contributed by atoms with Crippen LogP contribution in [0.3, 0.4) is 0 Å². The van der Waals surface area contributed by atoms with Crippen LogP contribution in [0, 0.1) is 0 Å². The molecule has 1 aromatic rings. The topological polar surface area (TPSA) is 90.1 Å². The van der Waals surface area contributed by atoms with E-state index in [0.717, 1.165) is 25.2 Å². The number of imidazole rings is 1. The molecule has 98 valence electrons. The van der Waals surface area contributed by atoms with Crippen LogP contribution in [-0.2, 0) is 16.1 Å². The van der Waals surface area contributed by atoms with Gasteiger partial charge in [0.1, 0.15) is 0 Å². The maximum absolute atomic E-state index is 11.9. The minimum Gasteiger partial charge on any atom is -0.347 e. The molecular formula is C11H17N5O2. The number of H-pyrrole nitrogens is 1. The molecule has 0 saturated carbocycles. The number of rotatable bonds is 2. The fourth-order valence-electron chi connectivity index (χ4n) is 1.82. The van der Waals surface area contributed by atoms with Crippen molar-refractivity contribution in [1.82, 2.24) is 25.5 Å². The number of amides is 2. The lowest BCUT2D eigenvalue weighted by molar-refractivity contribution is -0.145. The molecule has 0 aliphatic carbocycles. The molecule has 3 N–H and O–H groups in total. The standard InChI is InChI=1S/C11H17N5O2/c17-10(14-7-9-6-13-8-15-9)11(18)16-4-1-2-12-3-5-16/h6,8,12H,1-5,7H2,(H,13,15)(H,14,17). The van der Waals surface area contributed by atoms with Crippen LogP contribution in [-0.4, -0.2) is 52.9 Å². The minimum absolute atomic E-state index is 0.288. The van der Waals surface area contributed by atoms with Gasteiger partial charge in [-0.3, -0.25) is 9.59 Å². The predicted molar refractivity (Wildman–Crippen MR) is 64.5 cm³/mol. The summed E-state index contributed by atoms with van der Waals surface area (Å²) in [6.07, 6.45) is 4.02. The summed E-state index contributed by atoms with van der Waals surface area (Å²) in [5, 5.41) is 5.77. The van der Waals surface area contributed by atoms with Gasteiger partial charge in [0.2, 0.25) is 0 Å². The molecule has 0 spiro atoms. The van der Waals surface area contributed by atoms with E-state index >= 15 is 0 Å². The van der Waals surface area contributed by atoms with E-state index in [0.29, 0.717) is 13.1 Å². The van der Waals surface area contributed by atoms with Crippen LogP contribution in [0.1, 0.15) is 12.1 Å². The second-order valence-corrected chi connectivity index (χ2v) is 4.16. The van der Waals surface area contributed by atoms with Gasteiger partial charge in [0, 0.05) is 25.8 Å². The van der Waals surface area contributed by atoms with Gasteiger partial charge in [-0.15, -0.1) is 0 Å². The number of carbonyl (C=O) groups is 2. The molecule has 0 unspecified atom stereocenters. The number of carbonyl (C=O) groups excluding carboxylic acids is 2. The van der Waals surface area contributed by atoms with Crippen LogP contribution in [0.5, 0.6) is 0 Å². The number of aromatic nitrogens is 2. The normalized spacial score (nSPS) is 16.1. The highest BCUT2D eigenvalue weighted by atomic mass is 16.2. The van der Waals surface area contributed by atoms with E-state index in [1.807, 2.05) is 0 Å². The third-order valence-electron chi connectivity index (χ3n) is 2.82. The number of hydrogen-bond acceptors (Lipinski definition) is 4. The monoisotopic (exact) mass is 251 g/mol. The van der Waals surface area contributed by atoms with Crippen LogP contribution in [0.2, 0.25) is 0 Å². The van der Waals surface area contributed by atoms with Crippen molar-refractivity contribution >= 4 is 11.8 Å². The van der Waals surface area contributed by atoms with Crippen LogP contribution in [0.15, 0.2) is 12.5 Å². The molecule has 7 heteroatoms. The quantitative estimate of drug-likeness (QED) is 0.579. The van der Waals surface area contributed by atoms with Crippen LogP contribution >= 0.6 is 0 Å². The van der Waals surface area contributed by atoms with E-state index in [4.69, 9.17) is 0 Å². The fourth-order valence-corrected chi connectivity index (χ4v) is 1.82. The highest BCUT2D eigenvalue weighted by Crippen LogP contribution is 1.97. The molecule has 1 saturated heterocycles. The van der Waals surface area contributed by atoms with E-state index in [1.54, 1.807) is 11.1 Å². The number of hydrogen-bond donors (Lipinski definition) is 3. The van der Waals surface area contributed by atoms with Crippen molar-refractivity contribution < 1.29 is 9.59 Å². The van der Waals surface area contributed by atoms with Gasteiger partial charge in [0.15, 0.2) is 0 Å². The second-order valence-electron chi connectivity index (χ2n) is 4.16. The smallest absolute Gasteiger partial charge is 0.311 e. The first-order chi connectivity index (χ1) is 8.77. The maximum atomic E-state index is 11.9. The van der Waals surface area contributed by atoms with Crippen molar-refractivity contribution in [3.8, 4) is 0 Å². The zero-order valence-electron chi connectivity index (χ0n) is 10.1. The summed E-state index contributed by atoms with van der Waals surface area (Å²) in [6.45, 7) is 3.12. The lowest BCUT2D eigenvalue weighted by Gasteiger charge is -2.18. The summed E-state index contributed by atoms with van der Waals surface area (Å²) in [5.41, 5.74) is 0.772. The second kappa shape index (κ2) is 6.15. The number of nitrogens with one attached hydrogen (secondary N) is 3. The van der Waals surface area contributed by atoms with E-state index in [9.17, 15) is 9.59 Å². The number of aromatic amines is 1. The molecular weight excluding hydrogens is 234 g/mol. The van der Waals surface area contributed by atoms with Gasteiger partial charge in [-0.25, -0.2) is 4.98 Å². The van der Waals surface area contributed by atoms with Gasteiger partial charge in [-0.2, -0.15) is 0 Å². The highest BCUT2D eigenvalue weighted by molar-refractivity contribution is 6.34. The Morgan fingerprint density at radius 1 is 1.39 bits per heavy atom. The summed E-state index contributed by atoms with van der Waals surface area (Å²) >= 11 is 0. The van der Waals surface area contributed by atoms with Crippen molar-refractivity contribution in [1.29, 1.82) is 0 Å². The third-order valence-corrected chi connectivity index (χ3v) is 2.82. The Hall–Kier alpha value is -1.89. The van der Waals surface area contributed by atoms with Gasteiger partial charge in [0.05, 0.1) is 18.6 Å². The molecule has 7 nitrogen and oxygen atoms in total. The van der Waals surface area contributed by atoms with E-state index < -0.39 is 11.8 Å². The summed E-state index contributed by atoms with van der Waals surface area (Å²) in [4.78, 5) is 31.8. The van der Waals surface area contributed by atoms with E-state index in [-0.39, 0.29) is 6.54 Å². The Balaban J connectivity index is 1.82. The Labute approximate surface area is 105 Å².